The molecular weight excluding hydrogens is 410 g/mol. The molecule has 164 valence electrons. The van der Waals surface area contributed by atoms with E-state index < -0.39 is 5.60 Å². The number of aryl methyl sites for hydroxylation is 1. The number of carbonyl (C=O) groups is 1. The lowest BCUT2D eigenvalue weighted by molar-refractivity contribution is 0.0138. The van der Waals surface area contributed by atoms with Crippen LogP contribution in [0.2, 0.25) is 0 Å². The maximum Gasteiger partial charge on any atom is 0.410 e. The van der Waals surface area contributed by atoms with Crippen molar-refractivity contribution < 1.29 is 14.3 Å². The van der Waals surface area contributed by atoms with Gasteiger partial charge in [0.2, 0.25) is 0 Å². The van der Waals surface area contributed by atoms with Crippen LogP contribution in [0.1, 0.15) is 31.9 Å². The topological polar surface area (TPSA) is 54.9 Å². The number of fused-ring (bicyclic) bond motifs is 1. The number of rotatable bonds is 4. The van der Waals surface area contributed by atoms with Gasteiger partial charge < -0.3 is 14.4 Å². The highest BCUT2D eigenvalue weighted by molar-refractivity contribution is 7.20. The predicted octanol–water partition coefficient (Wildman–Crippen LogP) is 5.45. The number of piperazine rings is 1. The molecule has 0 unspecified atom stereocenters. The quantitative estimate of drug-likeness (QED) is 0.541. The summed E-state index contributed by atoms with van der Waals surface area (Å²) in [6.07, 6.45) is -0.234. The Kier molecular flexibility index (Phi) is 6.16. The highest BCUT2D eigenvalue weighted by Crippen LogP contribution is 2.33. The van der Waals surface area contributed by atoms with Gasteiger partial charge in [-0.2, -0.15) is 0 Å². The number of nitrogens with zero attached hydrogens (tertiary/aromatic N) is 3. The van der Waals surface area contributed by atoms with E-state index in [-0.39, 0.29) is 6.09 Å². The molecule has 3 aromatic rings. The minimum atomic E-state index is -0.469. The van der Waals surface area contributed by atoms with Gasteiger partial charge in [-0.15, -0.1) is 0 Å². The molecule has 7 heteroatoms. The van der Waals surface area contributed by atoms with Crippen molar-refractivity contribution in [2.75, 3.05) is 26.2 Å². The maximum absolute atomic E-state index is 12.3. The number of ether oxygens (including phenoxy) is 2. The summed E-state index contributed by atoms with van der Waals surface area (Å²) in [7, 11) is 0. The van der Waals surface area contributed by atoms with E-state index in [4.69, 9.17) is 9.47 Å². The smallest absolute Gasteiger partial charge is 0.410 e. The summed E-state index contributed by atoms with van der Waals surface area (Å²) in [6, 6.07) is 14.4. The number of hydrogen-bond acceptors (Lipinski definition) is 6. The zero-order valence-electron chi connectivity index (χ0n) is 18.6. The molecule has 1 saturated heterocycles. The Morgan fingerprint density at radius 3 is 2.55 bits per heavy atom. The van der Waals surface area contributed by atoms with Crippen molar-refractivity contribution >= 4 is 27.6 Å². The summed E-state index contributed by atoms with van der Waals surface area (Å²) < 4.78 is 12.8. The normalized spacial score (nSPS) is 15.3. The van der Waals surface area contributed by atoms with Gasteiger partial charge >= 0.3 is 6.09 Å². The fraction of sp³-hybridized carbons (Fsp3) is 0.417. The molecule has 1 aliphatic rings. The van der Waals surface area contributed by atoms with Crippen LogP contribution in [0.15, 0.2) is 42.5 Å². The Hall–Kier alpha value is -2.64. The minimum absolute atomic E-state index is 0.234. The summed E-state index contributed by atoms with van der Waals surface area (Å²) >= 11 is 1.56. The van der Waals surface area contributed by atoms with Gasteiger partial charge in [-0.3, -0.25) is 4.90 Å². The Labute approximate surface area is 187 Å². The third-order valence-corrected chi connectivity index (χ3v) is 6.03. The molecule has 1 aromatic heterocycles. The number of benzene rings is 2. The highest BCUT2D eigenvalue weighted by Gasteiger charge is 2.26. The van der Waals surface area contributed by atoms with Crippen molar-refractivity contribution in [2.45, 2.75) is 39.8 Å². The zero-order chi connectivity index (χ0) is 22.0. The number of amides is 1. The summed E-state index contributed by atoms with van der Waals surface area (Å²) in [5.41, 5.74) is 2.75. The molecule has 1 aliphatic heterocycles. The molecule has 1 amide bonds. The monoisotopic (exact) mass is 439 g/mol. The molecule has 0 saturated carbocycles. The van der Waals surface area contributed by atoms with Crippen LogP contribution >= 0.6 is 11.3 Å². The average Bonchev–Trinajstić information content (AvgIpc) is 3.11. The van der Waals surface area contributed by atoms with Crippen LogP contribution in [0.5, 0.6) is 10.9 Å². The minimum Gasteiger partial charge on any atom is -0.444 e. The van der Waals surface area contributed by atoms with Gasteiger partial charge in [-0.1, -0.05) is 35.6 Å². The van der Waals surface area contributed by atoms with Gasteiger partial charge in [0.05, 0.1) is 10.2 Å². The third kappa shape index (κ3) is 5.54. The molecule has 4 rings (SSSR count). The molecule has 0 radical (unpaired) electrons. The molecule has 0 bridgehead atoms. The van der Waals surface area contributed by atoms with Crippen LogP contribution in [0.3, 0.4) is 0 Å². The van der Waals surface area contributed by atoms with Crippen LogP contribution in [-0.2, 0) is 11.3 Å². The van der Waals surface area contributed by atoms with E-state index in [1.807, 2.05) is 39.0 Å². The van der Waals surface area contributed by atoms with E-state index >= 15 is 0 Å². The van der Waals surface area contributed by atoms with Crippen molar-refractivity contribution in [1.29, 1.82) is 0 Å². The van der Waals surface area contributed by atoms with Gasteiger partial charge in [0.15, 0.2) is 0 Å². The molecule has 31 heavy (non-hydrogen) atoms. The van der Waals surface area contributed by atoms with Crippen molar-refractivity contribution in [3.8, 4) is 10.9 Å². The summed E-state index contributed by atoms with van der Waals surface area (Å²) in [5, 5.41) is 0.655. The van der Waals surface area contributed by atoms with Gasteiger partial charge in [0.1, 0.15) is 11.4 Å². The number of hydrogen-bond donors (Lipinski definition) is 0. The first kappa shape index (κ1) is 21.6. The molecule has 6 nitrogen and oxygen atoms in total. The van der Waals surface area contributed by atoms with Crippen molar-refractivity contribution in [3.63, 3.8) is 0 Å². The predicted molar refractivity (Wildman–Crippen MR) is 124 cm³/mol. The largest absolute Gasteiger partial charge is 0.444 e. The van der Waals surface area contributed by atoms with Crippen LogP contribution in [0.25, 0.3) is 10.2 Å². The number of carbonyl (C=O) groups excluding carboxylic acids is 1. The van der Waals surface area contributed by atoms with Gasteiger partial charge in [0, 0.05) is 38.3 Å². The first-order valence-electron chi connectivity index (χ1n) is 10.6. The lowest BCUT2D eigenvalue weighted by atomic mass is 10.1. The lowest BCUT2D eigenvalue weighted by Gasteiger charge is -2.35. The summed E-state index contributed by atoms with van der Waals surface area (Å²) in [6.45, 7) is 11.4. The Morgan fingerprint density at radius 1 is 1.10 bits per heavy atom. The second kappa shape index (κ2) is 8.85. The number of aromatic nitrogens is 1. The molecule has 2 aromatic carbocycles. The molecule has 1 fully saturated rings. The standard InChI is InChI=1S/C24H29N3O3S/c1-17-9-10-18(16-26-11-13-27(14-12-26)23(28)30-24(2,3)4)20(15-17)29-22-25-19-7-5-6-8-21(19)31-22/h5-10,15H,11-14,16H2,1-4H3. The second-order valence-electron chi connectivity index (χ2n) is 8.90. The Morgan fingerprint density at radius 2 is 1.84 bits per heavy atom. The van der Waals surface area contributed by atoms with E-state index in [0.29, 0.717) is 18.3 Å². The van der Waals surface area contributed by atoms with Crippen LogP contribution in [0.4, 0.5) is 4.79 Å². The van der Waals surface area contributed by atoms with E-state index in [1.165, 1.54) is 0 Å². The molecule has 0 N–H and O–H groups in total. The average molecular weight is 440 g/mol. The molecule has 0 spiro atoms. The lowest BCUT2D eigenvalue weighted by Crippen LogP contribution is -2.49. The van der Waals surface area contributed by atoms with Crippen molar-refractivity contribution in [2.24, 2.45) is 0 Å². The first-order valence-corrected chi connectivity index (χ1v) is 11.4. The van der Waals surface area contributed by atoms with E-state index in [1.54, 1.807) is 16.2 Å². The molecule has 2 heterocycles. The summed E-state index contributed by atoms with van der Waals surface area (Å²) in [4.78, 5) is 21.0. The van der Waals surface area contributed by atoms with Crippen LogP contribution in [-0.4, -0.2) is 52.7 Å². The SMILES string of the molecule is Cc1ccc(CN2CCN(C(=O)OC(C)(C)C)CC2)c(Oc2nc3ccccc3s2)c1. The molecular formula is C24H29N3O3S. The van der Waals surface area contributed by atoms with Gasteiger partial charge in [-0.25, -0.2) is 9.78 Å². The van der Waals surface area contributed by atoms with E-state index in [0.717, 1.165) is 46.7 Å². The Balaban J connectivity index is 1.42. The van der Waals surface area contributed by atoms with Crippen molar-refractivity contribution in [3.05, 3.63) is 53.6 Å². The number of para-hydroxylation sites is 1. The molecule has 0 aliphatic carbocycles. The summed E-state index contributed by atoms with van der Waals surface area (Å²) in [5.74, 6) is 0.841. The highest BCUT2D eigenvalue weighted by atomic mass is 32.1. The zero-order valence-corrected chi connectivity index (χ0v) is 19.4. The fourth-order valence-electron chi connectivity index (χ4n) is 3.53. The van der Waals surface area contributed by atoms with Crippen LogP contribution in [0, 0.1) is 6.92 Å². The van der Waals surface area contributed by atoms with Crippen molar-refractivity contribution in [1.82, 2.24) is 14.8 Å². The fourth-order valence-corrected chi connectivity index (χ4v) is 4.36. The van der Waals surface area contributed by atoms with Crippen LogP contribution < -0.4 is 4.74 Å². The van der Waals surface area contributed by atoms with E-state index in [9.17, 15) is 4.79 Å². The third-order valence-electron chi connectivity index (χ3n) is 5.11. The second-order valence-corrected chi connectivity index (χ2v) is 9.90. The van der Waals surface area contributed by atoms with Gasteiger partial charge in [-0.05, 0) is 51.5 Å². The first-order chi connectivity index (χ1) is 14.8. The van der Waals surface area contributed by atoms with Gasteiger partial charge in [0.25, 0.3) is 5.19 Å². The number of thiazole rings is 1. The maximum atomic E-state index is 12.3. The Bertz CT molecular complexity index is 1030. The van der Waals surface area contributed by atoms with E-state index in [2.05, 4.69) is 41.1 Å². The molecule has 0 atom stereocenters.